The van der Waals surface area contributed by atoms with E-state index in [-0.39, 0.29) is 34.2 Å². The lowest BCUT2D eigenvalue weighted by Crippen LogP contribution is -2.46. The van der Waals surface area contributed by atoms with Crippen molar-refractivity contribution in [3.05, 3.63) is 46.9 Å². The van der Waals surface area contributed by atoms with E-state index in [1.54, 1.807) is 0 Å². The normalized spacial score (nSPS) is 22.2. The molecule has 8 nitrogen and oxygen atoms in total. The van der Waals surface area contributed by atoms with Crippen molar-refractivity contribution in [1.29, 1.82) is 0 Å². The molecule has 37 heavy (non-hydrogen) atoms. The molecule has 1 unspecified atom stereocenters. The van der Waals surface area contributed by atoms with E-state index in [9.17, 15) is 26.7 Å². The van der Waals surface area contributed by atoms with Crippen molar-refractivity contribution in [2.45, 2.75) is 37.5 Å². The summed E-state index contributed by atoms with van der Waals surface area (Å²) in [6, 6.07) is 5.58. The number of likely N-dealkylation sites (N-methyl/N-ethyl adjacent to an activating group) is 1. The van der Waals surface area contributed by atoms with E-state index >= 15 is 0 Å². The van der Waals surface area contributed by atoms with Crippen LogP contribution in [0.25, 0.3) is 5.52 Å². The first kappa shape index (κ1) is 25.5. The largest absolute Gasteiger partial charge is 0.473 e. The second-order valence-corrected chi connectivity index (χ2v) is 9.81. The molecule has 198 valence electrons. The van der Waals surface area contributed by atoms with Gasteiger partial charge in [-0.3, -0.25) is 4.90 Å². The second kappa shape index (κ2) is 8.98. The summed E-state index contributed by atoms with van der Waals surface area (Å²) >= 11 is 5.93. The number of amides is 2. The van der Waals surface area contributed by atoms with E-state index in [0.29, 0.717) is 18.5 Å². The highest BCUT2D eigenvalue weighted by Gasteiger charge is 2.60. The molecule has 0 aromatic carbocycles. The van der Waals surface area contributed by atoms with E-state index in [0.717, 1.165) is 29.0 Å². The van der Waals surface area contributed by atoms with Crippen molar-refractivity contribution in [1.82, 2.24) is 19.5 Å². The number of anilines is 2. The smallest absolute Gasteiger partial charge is 0.401 e. The third-order valence-electron chi connectivity index (χ3n) is 6.66. The number of likely N-dealkylation sites (tertiary alicyclic amines) is 1. The van der Waals surface area contributed by atoms with Crippen LogP contribution in [0.5, 0.6) is 5.88 Å². The number of ether oxygens (including phenoxy) is 1. The first-order valence-electron chi connectivity index (χ1n) is 11.3. The molecule has 3 aromatic rings. The quantitative estimate of drug-likeness (QED) is 0.453. The molecule has 0 spiro atoms. The maximum Gasteiger partial charge on any atom is 0.401 e. The standard InChI is InChI=1S/C23H22ClF5N6O2/c1-22(23(27,28)29)11-34(16-4-3-13-9-17(24)32-35(13)19(16)22)21(36)30-12-7-15(20(25)26)31-18(8-12)37-14-5-6-33(2)10-14/h3-4,7-9,14,20H,5-6,10-11H2,1-2H3,(H,30,31,36)/t14-,22?/m0/s1. The van der Waals surface area contributed by atoms with Crippen molar-refractivity contribution in [3.63, 3.8) is 0 Å². The van der Waals surface area contributed by atoms with Crippen molar-refractivity contribution in [2.75, 3.05) is 36.9 Å². The molecule has 5 heterocycles. The number of pyridine rings is 2. The average Bonchev–Trinajstić information content (AvgIpc) is 3.47. The molecule has 1 saturated heterocycles. The molecular formula is C23H22ClF5N6O2. The van der Waals surface area contributed by atoms with Gasteiger partial charge in [0.05, 0.1) is 16.9 Å². The zero-order chi connectivity index (χ0) is 26.7. The Balaban J connectivity index is 1.48. The van der Waals surface area contributed by atoms with Crippen LogP contribution >= 0.6 is 11.6 Å². The average molecular weight is 545 g/mol. The number of aromatic nitrogens is 3. The number of hydrogen-bond donors (Lipinski definition) is 1. The Morgan fingerprint density at radius 3 is 2.68 bits per heavy atom. The molecule has 2 aliphatic rings. The first-order valence-corrected chi connectivity index (χ1v) is 11.7. The number of nitrogens with one attached hydrogen (secondary N) is 1. The Morgan fingerprint density at radius 2 is 2.03 bits per heavy atom. The maximum atomic E-state index is 14.3. The molecule has 14 heteroatoms. The molecule has 3 aromatic heterocycles. The highest BCUT2D eigenvalue weighted by atomic mass is 35.5. The number of rotatable bonds is 4. The highest BCUT2D eigenvalue weighted by Crippen LogP contribution is 2.50. The van der Waals surface area contributed by atoms with Crippen LogP contribution in [-0.2, 0) is 5.41 Å². The molecule has 2 atom stereocenters. The van der Waals surface area contributed by atoms with E-state index in [1.165, 1.54) is 24.3 Å². The minimum atomic E-state index is -4.74. The summed E-state index contributed by atoms with van der Waals surface area (Å²) in [7, 11) is 1.89. The third kappa shape index (κ3) is 4.54. The van der Waals surface area contributed by atoms with Gasteiger partial charge in [-0.1, -0.05) is 11.6 Å². The number of carbonyl (C=O) groups is 1. The van der Waals surface area contributed by atoms with Gasteiger partial charge in [-0.25, -0.2) is 23.1 Å². The fourth-order valence-electron chi connectivity index (χ4n) is 4.75. The lowest BCUT2D eigenvalue weighted by Gasteiger charge is -2.28. The number of carbonyl (C=O) groups excluding carboxylic acids is 1. The maximum absolute atomic E-state index is 14.3. The predicted molar refractivity (Wildman–Crippen MR) is 126 cm³/mol. The molecule has 5 rings (SSSR count). The topological polar surface area (TPSA) is 75.0 Å². The lowest BCUT2D eigenvalue weighted by atomic mass is 9.87. The van der Waals surface area contributed by atoms with E-state index in [4.69, 9.17) is 16.3 Å². The monoisotopic (exact) mass is 544 g/mol. The fourth-order valence-corrected chi connectivity index (χ4v) is 4.94. The van der Waals surface area contributed by atoms with Gasteiger partial charge in [-0.05, 0) is 38.6 Å². The van der Waals surface area contributed by atoms with Crippen molar-refractivity contribution >= 4 is 34.5 Å². The summed E-state index contributed by atoms with van der Waals surface area (Å²) in [6.45, 7) is 1.57. The van der Waals surface area contributed by atoms with Crippen LogP contribution in [0.1, 0.15) is 31.2 Å². The van der Waals surface area contributed by atoms with Crippen molar-refractivity contribution < 1.29 is 31.5 Å². The molecule has 1 N–H and O–H groups in total. The van der Waals surface area contributed by atoms with Gasteiger partial charge in [-0.15, -0.1) is 0 Å². The number of urea groups is 1. The Kier molecular flexibility index (Phi) is 6.18. The summed E-state index contributed by atoms with van der Waals surface area (Å²) in [5, 5.41) is 6.42. The summed E-state index contributed by atoms with van der Waals surface area (Å²) in [4.78, 5) is 20.0. The van der Waals surface area contributed by atoms with E-state index < -0.39 is 36.3 Å². The number of halogens is 6. The van der Waals surface area contributed by atoms with Gasteiger partial charge in [0, 0.05) is 37.5 Å². The Morgan fingerprint density at radius 1 is 1.27 bits per heavy atom. The molecule has 0 bridgehead atoms. The van der Waals surface area contributed by atoms with Crippen LogP contribution in [0.4, 0.5) is 38.1 Å². The Hall–Kier alpha value is -3.19. The molecule has 1 fully saturated rings. The molecule has 0 aliphatic carbocycles. The third-order valence-corrected chi connectivity index (χ3v) is 6.85. The summed E-state index contributed by atoms with van der Waals surface area (Å²) < 4.78 is 76.8. The summed E-state index contributed by atoms with van der Waals surface area (Å²) in [5.74, 6) is -0.108. The number of nitrogens with zero attached hydrogens (tertiary/aromatic N) is 5. The van der Waals surface area contributed by atoms with Crippen molar-refractivity contribution in [3.8, 4) is 5.88 Å². The van der Waals surface area contributed by atoms with Gasteiger partial charge in [0.15, 0.2) is 5.15 Å². The highest BCUT2D eigenvalue weighted by molar-refractivity contribution is 6.29. The predicted octanol–water partition coefficient (Wildman–Crippen LogP) is 5.28. The Bertz CT molecular complexity index is 1370. The van der Waals surface area contributed by atoms with Gasteiger partial charge in [-0.2, -0.15) is 18.3 Å². The molecule has 2 amide bonds. The zero-order valence-electron chi connectivity index (χ0n) is 19.7. The molecule has 0 radical (unpaired) electrons. The van der Waals surface area contributed by atoms with Crippen LogP contribution < -0.4 is 15.0 Å². The van der Waals surface area contributed by atoms with Crippen molar-refractivity contribution in [2.24, 2.45) is 0 Å². The fraction of sp³-hybridized carbons (Fsp3) is 0.435. The lowest BCUT2D eigenvalue weighted by molar-refractivity contribution is -0.181. The van der Waals surface area contributed by atoms with Crippen LogP contribution in [0.15, 0.2) is 30.3 Å². The second-order valence-electron chi connectivity index (χ2n) is 9.43. The van der Waals surface area contributed by atoms with Crippen LogP contribution in [0.3, 0.4) is 0 Å². The van der Waals surface area contributed by atoms with Crippen LogP contribution in [0, 0.1) is 0 Å². The van der Waals surface area contributed by atoms with Gasteiger partial charge in [0.25, 0.3) is 6.43 Å². The summed E-state index contributed by atoms with van der Waals surface area (Å²) in [5.41, 5.74) is -3.13. The zero-order valence-corrected chi connectivity index (χ0v) is 20.4. The minimum Gasteiger partial charge on any atom is -0.473 e. The molecule has 2 aliphatic heterocycles. The Labute approximate surface area is 212 Å². The minimum absolute atomic E-state index is 0.00174. The SMILES string of the molecule is CN1CC[C@H](Oc2cc(NC(=O)N3CC(C)(C(F)(F)F)c4c3ccc3cc(Cl)nn43)cc(C(F)F)n2)C1. The van der Waals surface area contributed by atoms with Gasteiger partial charge >= 0.3 is 12.2 Å². The van der Waals surface area contributed by atoms with E-state index in [1.807, 2.05) is 11.9 Å². The molecular weight excluding hydrogens is 523 g/mol. The number of alkyl halides is 5. The number of fused-ring (bicyclic) bond motifs is 3. The number of hydrogen-bond acceptors (Lipinski definition) is 5. The van der Waals surface area contributed by atoms with Gasteiger partial charge in [0.2, 0.25) is 5.88 Å². The molecule has 0 saturated carbocycles. The first-order chi connectivity index (χ1) is 17.4. The summed E-state index contributed by atoms with van der Waals surface area (Å²) in [6.07, 6.45) is -7.29. The van der Waals surface area contributed by atoms with Crippen LogP contribution in [-0.4, -0.2) is 64.5 Å². The van der Waals surface area contributed by atoms with Crippen LogP contribution in [0.2, 0.25) is 5.15 Å². The van der Waals surface area contributed by atoms with E-state index in [2.05, 4.69) is 15.4 Å². The van der Waals surface area contributed by atoms with Gasteiger partial charge in [0.1, 0.15) is 17.2 Å². The van der Waals surface area contributed by atoms with Gasteiger partial charge < -0.3 is 15.0 Å².